The molecule has 24 heavy (non-hydrogen) atoms. The van der Waals surface area contributed by atoms with E-state index in [-0.39, 0.29) is 11.8 Å². The van der Waals surface area contributed by atoms with E-state index in [0.717, 1.165) is 30.2 Å². The Morgan fingerprint density at radius 2 is 1.92 bits per heavy atom. The summed E-state index contributed by atoms with van der Waals surface area (Å²) in [5.74, 6) is -0.377. The molecule has 0 atom stereocenters. The molecular formula is C19H23N3O2. The van der Waals surface area contributed by atoms with E-state index in [9.17, 15) is 9.59 Å². The molecular weight excluding hydrogens is 302 g/mol. The summed E-state index contributed by atoms with van der Waals surface area (Å²) in [5, 5.41) is 6.78. The highest BCUT2D eigenvalue weighted by Gasteiger charge is 2.56. The van der Waals surface area contributed by atoms with Crippen molar-refractivity contribution in [3.63, 3.8) is 0 Å². The van der Waals surface area contributed by atoms with Crippen molar-refractivity contribution in [2.45, 2.75) is 39.0 Å². The minimum Gasteiger partial charge on any atom is -0.355 e. The third kappa shape index (κ3) is 3.25. The van der Waals surface area contributed by atoms with Gasteiger partial charge < -0.3 is 10.6 Å². The number of anilines is 1. The van der Waals surface area contributed by atoms with Crippen LogP contribution in [0.2, 0.25) is 0 Å². The predicted molar refractivity (Wildman–Crippen MR) is 94.6 cm³/mol. The summed E-state index contributed by atoms with van der Waals surface area (Å²) in [6.45, 7) is 2.76. The predicted octanol–water partition coefficient (Wildman–Crippen LogP) is 3.26. The van der Waals surface area contributed by atoms with E-state index in [0.29, 0.717) is 25.1 Å². The van der Waals surface area contributed by atoms with Crippen molar-refractivity contribution in [2.75, 3.05) is 11.9 Å². The standard InChI is InChI=1S/C19H23N3O2/c1-2-3-4-12-21-17(23)19(10-11-19)18(24)22-15-9-5-7-14-8-6-13-20-16(14)15/h5-9,13H,2-4,10-12H2,1H3,(H,21,23)(H,22,24). The minimum absolute atomic E-state index is 0.149. The lowest BCUT2D eigenvalue weighted by Crippen LogP contribution is -2.40. The molecule has 0 saturated heterocycles. The van der Waals surface area contributed by atoms with Crippen LogP contribution in [-0.2, 0) is 9.59 Å². The molecule has 1 heterocycles. The van der Waals surface area contributed by atoms with Crippen molar-refractivity contribution in [3.05, 3.63) is 36.5 Å². The van der Waals surface area contributed by atoms with Gasteiger partial charge in [-0.15, -0.1) is 0 Å². The Bertz CT molecular complexity index is 748. The van der Waals surface area contributed by atoms with Crippen LogP contribution in [0.1, 0.15) is 39.0 Å². The second-order valence-electron chi connectivity index (χ2n) is 6.38. The quantitative estimate of drug-likeness (QED) is 0.606. The number of unbranched alkanes of at least 4 members (excludes halogenated alkanes) is 2. The maximum absolute atomic E-state index is 12.7. The lowest BCUT2D eigenvalue weighted by Gasteiger charge is -2.16. The monoisotopic (exact) mass is 325 g/mol. The number of fused-ring (bicyclic) bond motifs is 1. The van der Waals surface area contributed by atoms with E-state index >= 15 is 0 Å². The third-order valence-electron chi connectivity index (χ3n) is 4.57. The van der Waals surface area contributed by atoms with Crippen molar-refractivity contribution in [2.24, 2.45) is 5.41 Å². The summed E-state index contributed by atoms with van der Waals surface area (Å²) in [6, 6.07) is 9.46. The number of para-hydroxylation sites is 1. The van der Waals surface area contributed by atoms with Gasteiger partial charge in [-0.25, -0.2) is 0 Å². The van der Waals surface area contributed by atoms with Crippen molar-refractivity contribution in [1.82, 2.24) is 10.3 Å². The molecule has 0 unspecified atom stereocenters. The zero-order chi connectivity index (χ0) is 17.0. The lowest BCUT2D eigenvalue weighted by molar-refractivity contribution is -0.134. The lowest BCUT2D eigenvalue weighted by atomic mass is 10.0. The molecule has 1 aliphatic carbocycles. The Morgan fingerprint density at radius 3 is 2.67 bits per heavy atom. The van der Waals surface area contributed by atoms with E-state index in [1.165, 1.54) is 0 Å². The van der Waals surface area contributed by atoms with E-state index < -0.39 is 5.41 Å². The maximum atomic E-state index is 12.7. The summed E-state index contributed by atoms with van der Waals surface area (Å²) in [7, 11) is 0. The van der Waals surface area contributed by atoms with Crippen molar-refractivity contribution in [1.29, 1.82) is 0 Å². The van der Waals surface area contributed by atoms with Gasteiger partial charge in [-0.3, -0.25) is 14.6 Å². The smallest absolute Gasteiger partial charge is 0.240 e. The van der Waals surface area contributed by atoms with E-state index in [4.69, 9.17) is 0 Å². The first kappa shape index (κ1) is 16.4. The van der Waals surface area contributed by atoms with Gasteiger partial charge in [0.05, 0.1) is 11.2 Å². The molecule has 0 spiro atoms. The van der Waals surface area contributed by atoms with Gasteiger partial charge >= 0.3 is 0 Å². The van der Waals surface area contributed by atoms with Gasteiger partial charge in [0.1, 0.15) is 5.41 Å². The summed E-state index contributed by atoms with van der Waals surface area (Å²) in [6.07, 6.45) is 6.06. The minimum atomic E-state index is -0.900. The molecule has 5 nitrogen and oxygen atoms in total. The first-order valence-electron chi connectivity index (χ1n) is 8.61. The molecule has 3 rings (SSSR count). The highest BCUT2D eigenvalue weighted by Crippen LogP contribution is 2.47. The van der Waals surface area contributed by atoms with Crippen LogP contribution in [0.3, 0.4) is 0 Å². The van der Waals surface area contributed by atoms with Crippen LogP contribution in [-0.4, -0.2) is 23.3 Å². The summed E-state index contributed by atoms with van der Waals surface area (Å²) in [5.41, 5.74) is 0.499. The highest BCUT2D eigenvalue weighted by molar-refractivity contribution is 6.14. The number of carbonyl (C=O) groups is 2. The molecule has 2 N–H and O–H groups in total. The van der Waals surface area contributed by atoms with Crippen molar-refractivity contribution >= 4 is 28.4 Å². The number of rotatable bonds is 7. The molecule has 126 valence electrons. The Labute approximate surface area is 141 Å². The molecule has 1 aromatic heterocycles. The second-order valence-corrected chi connectivity index (χ2v) is 6.38. The molecule has 1 fully saturated rings. The fourth-order valence-electron chi connectivity index (χ4n) is 2.88. The molecule has 2 amide bonds. The first-order valence-corrected chi connectivity index (χ1v) is 8.61. The van der Waals surface area contributed by atoms with Gasteiger partial charge in [-0.2, -0.15) is 0 Å². The van der Waals surface area contributed by atoms with Crippen LogP contribution in [0.25, 0.3) is 10.9 Å². The Kier molecular flexibility index (Phi) is 4.79. The van der Waals surface area contributed by atoms with E-state index in [2.05, 4.69) is 22.5 Å². The first-order chi connectivity index (χ1) is 11.7. The zero-order valence-electron chi connectivity index (χ0n) is 14.0. The third-order valence-corrected chi connectivity index (χ3v) is 4.57. The van der Waals surface area contributed by atoms with Crippen molar-refractivity contribution in [3.8, 4) is 0 Å². The van der Waals surface area contributed by atoms with Gasteiger partial charge in [-0.1, -0.05) is 38.0 Å². The SMILES string of the molecule is CCCCCNC(=O)C1(C(=O)Nc2cccc3cccnc23)CC1. The van der Waals surface area contributed by atoms with Crippen LogP contribution in [0.15, 0.2) is 36.5 Å². The van der Waals surface area contributed by atoms with Crippen LogP contribution in [0, 0.1) is 5.41 Å². The number of amides is 2. The summed E-state index contributed by atoms with van der Waals surface area (Å²) < 4.78 is 0. The van der Waals surface area contributed by atoms with Crippen LogP contribution >= 0.6 is 0 Å². The Hall–Kier alpha value is -2.43. The number of carbonyl (C=O) groups excluding carboxylic acids is 2. The largest absolute Gasteiger partial charge is 0.355 e. The molecule has 0 aliphatic heterocycles. The average Bonchev–Trinajstić information content (AvgIpc) is 3.41. The number of pyridine rings is 1. The highest BCUT2D eigenvalue weighted by atomic mass is 16.2. The molecule has 0 bridgehead atoms. The second kappa shape index (κ2) is 6.99. The summed E-state index contributed by atoms with van der Waals surface area (Å²) >= 11 is 0. The van der Waals surface area contributed by atoms with Crippen molar-refractivity contribution < 1.29 is 9.59 Å². The molecule has 1 aromatic carbocycles. The van der Waals surface area contributed by atoms with Crippen LogP contribution in [0.4, 0.5) is 5.69 Å². The number of hydrogen-bond acceptors (Lipinski definition) is 3. The van der Waals surface area contributed by atoms with Gasteiger partial charge in [-0.05, 0) is 31.4 Å². The number of nitrogens with zero attached hydrogens (tertiary/aromatic N) is 1. The zero-order valence-corrected chi connectivity index (χ0v) is 14.0. The van der Waals surface area contributed by atoms with E-state index in [1.807, 2.05) is 30.3 Å². The Morgan fingerprint density at radius 1 is 1.12 bits per heavy atom. The molecule has 5 heteroatoms. The fraction of sp³-hybridized carbons (Fsp3) is 0.421. The van der Waals surface area contributed by atoms with Gasteiger partial charge in [0.25, 0.3) is 0 Å². The number of hydrogen-bond donors (Lipinski definition) is 2. The average molecular weight is 325 g/mol. The molecule has 2 aromatic rings. The molecule has 0 radical (unpaired) electrons. The fourth-order valence-corrected chi connectivity index (χ4v) is 2.88. The van der Waals surface area contributed by atoms with Gasteiger partial charge in [0.15, 0.2) is 0 Å². The van der Waals surface area contributed by atoms with Gasteiger partial charge in [0, 0.05) is 18.1 Å². The normalized spacial score (nSPS) is 15.0. The Balaban J connectivity index is 1.69. The number of nitrogens with one attached hydrogen (secondary N) is 2. The number of benzene rings is 1. The molecule has 1 aliphatic rings. The topological polar surface area (TPSA) is 71.1 Å². The van der Waals surface area contributed by atoms with Gasteiger partial charge in [0.2, 0.25) is 11.8 Å². The van der Waals surface area contributed by atoms with Crippen LogP contribution in [0.5, 0.6) is 0 Å². The van der Waals surface area contributed by atoms with E-state index in [1.54, 1.807) is 6.20 Å². The molecule has 1 saturated carbocycles. The maximum Gasteiger partial charge on any atom is 0.240 e. The number of aromatic nitrogens is 1. The van der Waals surface area contributed by atoms with Crippen LogP contribution < -0.4 is 10.6 Å². The summed E-state index contributed by atoms with van der Waals surface area (Å²) in [4.78, 5) is 29.4.